The van der Waals surface area contributed by atoms with Gasteiger partial charge in [0.05, 0.1) is 6.54 Å². The monoisotopic (exact) mass is 438 g/mol. The molecule has 2 aromatic rings. The summed E-state index contributed by atoms with van der Waals surface area (Å²) in [5.41, 5.74) is 0.446. The third-order valence-corrected chi connectivity index (χ3v) is 4.55. The second-order valence-corrected chi connectivity index (χ2v) is 7.39. The normalized spacial score (nSPS) is 12.0. The number of benzene rings is 1. The lowest BCUT2D eigenvalue weighted by Gasteiger charge is -2.33. The molecule has 1 heterocycles. The summed E-state index contributed by atoms with van der Waals surface area (Å²) in [5, 5.41) is 23.3. The van der Waals surface area contributed by atoms with E-state index in [1.165, 1.54) is 0 Å². The molecule has 0 aliphatic carbocycles. The molecule has 1 atom stereocenters. The van der Waals surface area contributed by atoms with Crippen molar-refractivity contribution in [2.24, 2.45) is 5.92 Å². The molecule has 0 aliphatic rings. The number of nitrogens with zero attached hydrogens (tertiary/aromatic N) is 5. The molecule has 9 nitrogen and oxygen atoms in total. The summed E-state index contributed by atoms with van der Waals surface area (Å²) in [4.78, 5) is 28.0. The second-order valence-electron chi connectivity index (χ2n) is 6.47. The quantitative estimate of drug-likeness (QED) is 0.654. The van der Waals surface area contributed by atoms with E-state index in [0.717, 1.165) is 9.37 Å². The number of tetrazole rings is 1. The predicted molar refractivity (Wildman–Crippen MR) is 103 cm³/mol. The van der Waals surface area contributed by atoms with Gasteiger partial charge < -0.3 is 10.0 Å². The predicted octanol–water partition coefficient (Wildman–Crippen LogP) is 2.91. The molecule has 0 saturated carbocycles. The Labute approximate surface area is 165 Å². The summed E-state index contributed by atoms with van der Waals surface area (Å²) >= 11 is 3.34. The van der Waals surface area contributed by atoms with Gasteiger partial charge in [0.25, 0.3) is 0 Å². The first-order valence-electron chi connectivity index (χ1n) is 8.62. The van der Waals surface area contributed by atoms with E-state index in [1.807, 2.05) is 20.8 Å². The number of halogens is 1. The van der Waals surface area contributed by atoms with Crippen LogP contribution in [0.15, 0.2) is 28.7 Å². The number of amides is 2. The number of likely N-dealkylation sites (N-methyl/N-ethyl adjacent to an activating group) is 1. The van der Waals surface area contributed by atoms with E-state index in [0.29, 0.717) is 24.5 Å². The zero-order valence-corrected chi connectivity index (χ0v) is 17.0. The van der Waals surface area contributed by atoms with E-state index in [4.69, 9.17) is 0 Å². The molecule has 1 aromatic heterocycles. The van der Waals surface area contributed by atoms with Crippen LogP contribution < -0.4 is 4.90 Å². The van der Waals surface area contributed by atoms with Crippen molar-refractivity contribution in [3.63, 3.8) is 0 Å². The van der Waals surface area contributed by atoms with E-state index in [2.05, 4.69) is 36.6 Å². The highest BCUT2D eigenvalue weighted by molar-refractivity contribution is 9.10. The molecule has 0 spiro atoms. The lowest BCUT2D eigenvalue weighted by atomic mass is 10.0. The number of carboxylic acid groups (broad SMARTS) is 1. The summed E-state index contributed by atoms with van der Waals surface area (Å²) in [5.74, 6) is 0.286. The molecule has 1 aromatic carbocycles. The van der Waals surface area contributed by atoms with Gasteiger partial charge >= 0.3 is 6.09 Å². The highest BCUT2D eigenvalue weighted by Gasteiger charge is 2.34. The van der Waals surface area contributed by atoms with Crippen LogP contribution in [0.5, 0.6) is 0 Å². The molecule has 27 heavy (non-hydrogen) atoms. The van der Waals surface area contributed by atoms with E-state index in [-0.39, 0.29) is 18.4 Å². The van der Waals surface area contributed by atoms with Crippen molar-refractivity contribution in [1.29, 1.82) is 0 Å². The van der Waals surface area contributed by atoms with E-state index in [1.54, 1.807) is 29.2 Å². The first-order chi connectivity index (χ1) is 12.8. The second kappa shape index (κ2) is 9.45. The minimum atomic E-state index is -1.17. The Balaban J connectivity index is 2.36. The number of H-pyrrole nitrogens is 1. The molecular formula is C17H23BrN6O3. The van der Waals surface area contributed by atoms with Crippen molar-refractivity contribution in [3.05, 3.63) is 34.6 Å². The van der Waals surface area contributed by atoms with Crippen LogP contribution in [0.2, 0.25) is 0 Å². The largest absolute Gasteiger partial charge is 0.465 e. The molecule has 2 amide bonds. The van der Waals surface area contributed by atoms with Crippen LogP contribution in [0.4, 0.5) is 10.5 Å². The topological polar surface area (TPSA) is 115 Å². The van der Waals surface area contributed by atoms with E-state index >= 15 is 0 Å². The summed E-state index contributed by atoms with van der Waals surface area (Å²) in [7, 11) is 0. The maximum absolute atomic E-state index is 13.3. The maximum Gasteiger partial charge on any atom is 0.412 e. The molecule has 0 bridgehead atoms. The van der Waals surface area contributed by atoms with Gasteiger partial charge in [-0.15, -0.1) is 5.10 Å². The van der Waals surface area contributed by atoms with Gasteiger partial charge in [0.1, 0.15) is 6.04 Å². The van der Waals surface area contributed by atoms with Gasteiger partial charge in [-0.25, -0.2) is 9.89 Å². The average molecular weight is 439 g/mol. The number of aromatic amines is 1. The third kappa shape index (κ3) is 5.49. The van der Waals surface area contributed by atoms with Gasteiger partial charge in [0, 0.05) is 16.7 Å². The van der Waals surface area contributed by atoms with Crippen LogP contribution in [0.3, 0.4) is 0 Å². The fraction of sp³-hybridized carbons (Fsp3) is 0.471. The lowest BCUT2D eigenvalue weighted by Crippen LogP contribution is -2.51. The van der Waals surface area contributed by atoms with Crippen molar-refractivity contribution in [2.45, 2.75) is 39.8 Å². The molecule has 146 valence electrons. The van der Waals surface area contributed by atoms with Crippen molar-refractivity contribution in [3.8, 4) is 0 Å². The Kier molecular flexibility index (Phi) is 7.28. The summed E-state index contributed by atoms with van der Waals surface area (Å²) in [6.07, 6.45) is -0.777. The zero-order chi connectivity index (χ0) is 20.0. The van der Waals surface area contributed by atoms with Crippen molar-refractivity contribution >= 4 is 33.6 Å². The third-order valence-electron chi connectivity index (χ3n) is 4.03. The maximum atomic E-state index is 13.3. The Bertz CT molecular complexity index is 751. The van der Waals surface area contributed by atoms with Crippen LogP contribution in [-0.2, 0) is 11.3 Å². The summed E-state index contributed by atoms with van der Waals surface area (Å²) in [6.45, 7) is 6.34. The van der Waals surface area contributed by atoms with Gasteiger partial charge in [0.2, 0.25) is 5.91 Å². The highest BCUT2D eigenvalue weighted by Crippen LogP contribution is 2.25. The number of aromatic nitrogens is 4. The molecule has 0 fully saturated rings. The first-order valence-corrected chi connectivity index (χ1v) is 9.41. The minimum absolute atomic E-state index is 0.127. The molecule has 2 N–H and O–H groups in total. The van der Waals surface area contributed by atoms with Crippen LogP contribution in [-0.4, -0.2) is 55.2 Å². The Morgan fingerprint density at radius 1 is 1.26 bits per heavy atom. The molecule has 10 heteroatoms. The van der Waals surface area contributed by atoms with E-state index in [9.17, 15) is 14.7 Å². The summed E-state index contributed by atoms with van der Waals surface area (Å²) in [6, 6.07) is 6.00. The van der Waals surface area contributed by atoms with Crippen LogP contribution in [0.1, 0.15) is 33.0 Å². The minimum Gasteiger partial charge on any atom is -0.465 e. The van der Waals surface area contributed by atoms with Crippen LogP contribution in [0.25, 0.3) is 0 Å². The standard InChI is InChI=1S/C17H23BrN6O3/c1-4-23(10-15-19-21-22-20-15)16(25)14(9-11(2)3)24(17(26)27)13-7-5-12(18)6-8-13/h5-8,11,14H,4,9-10H2,1-3H3,(H,26,27)(H,19,20,21,22)/t14-/m0/s1. The zero-order valence-electron chi connectivity index (χ0n) is 15.5. The number of hydrogen-bond acceptors (Lipinski definition) is 5. The number of anilines is 1. The molecule has 0 unspecified atom stereocenters. The van der Waals surface area contributed by atoms with Crippen LogP contribution >= 0.6 is 15.9 Å². The van der Waals surface area contributed by atoms with Gasteiger partial charge in [-0.05, 0) is 54.0 Å². The van der Waals surface area contributed by atoms with Gasteiger partial charge in [0.15, 0.2) is 5.82 Å². The smallest absolute Gasteiger partial charge is 0.412 e. The van der Waals surface area contributed by atoms with Gasteiger partial charge in [-0.3, -0.25) is 9.69 Å². The van der Waals surface area contributed by atoms with E-state index < -0.39 is 12.1 Å². The number of rotatable bonds is 8. The number of nitrogens with one attached hydrogen (secondary N) is 1. The number of carbonyl (C=O) groups excluding carboxylic acids is 1. The Hall–Kier alpha value is -2.49. The van der Waals surface area contributed by atoms with Crippen LogP contribution in [0, 0.1) is 5.92 Å². The Morgan fingerprint density at radius 2 is 1.93 bits per heavy atom. The summed E-state index contributed by atoms with van der Waals surface area (Å²) < 4.78 is 0.830. The highest BCUT2D eigenvalue weighted by atomic mass is 79.9. The fourth-order valence-electron chi connectivity index (χ4n) is 2.77. The SMILES string of the molecule is CCN(Cc1nnn[nH]1)C(=O)[C@H](CC(C)C)N(C(=O)O)c1ccc(Br)cc1. The molecule has 0 radical (unpaired) electrons. The molecule has 0 aliphatic heterocycles. The number of carbonyl (C=O) groups is 2. The molecule has 0 saturated heterocycles. The molecule has 2 rings (SSSR count). The molecular weight excluding hydrogens is 416 g/mol. The van der Waals surface area contributed by atoms with Crippen molar-refractivity contribution in [1.82, 2.24) is 25.5 Å². The van der Waals surface area contributed by atoms with Gasteiger partial charge in [-0.2, -0.15) is 0 Å². The lowest BCUT2D eigenvalue weighted by molar-refractivity contribution is -0.133. The van der Waals surface area contributed by atoms with Gasteiger partial charge in [-0.1, -0.05) is 29.8 Å². The van der Waals surface area contributed by atoms with Crippen molar-refractivity contribution in [2.75, 3.05) is 11.4 Å². The first kappa shape index (κ1) is 20.8. The Morgan fingerprint density at radius 3 is 2.41 bits per heavy atom. The van der Waals surface area contributed by atoms with Crippen molar-refractivity contribution < 1.29 is 14.7 Å². The fourth-order valence-corrected chi connectivity index (χ4v) is 3.04. The number of hydrogen-bond donors (Lipinski definition) is 2. The average Bonchev–Trinajstić information content (AvgIpc) is 3.12.